The van der Waals surface area contributed by atoms with E-state index >= 15 is 0 Å². The first kappa shape index (κ1) is 24.3. The Morgan fingerprint density at radius 1 is 0.969 bits per heavy atom. The smallest absolute Gasteiger partial charge is 0.277 e. The number of benzene rings is 1. The second-order valence-corrected chi connectivity index (χ2v) is 7.77. The summed E-state index contributed by atoms with van der Waals surface area (Å²) in [5.74, 6) is -1.08. The average Bonchev–Trinajstić information content (AvgIpc) is 3.05. The number of carbonyl (C=O) groups excluding carboxylic acids is 2. The molecule has 2 aliphatic rings. The van der Waals surface area contributed by atoms with Gasteiger partial charge >= 0.3 is 0 Å². The lowest BCUT2D eigenvalue weighted by Crippen LogP contribution is -2.40. The highest BCUT2D eigenvalue weighted by Gasteiger charge is 2.41. The molecule has 1 saturated heterocycles. The Morgan fingerprint density at radius 3 is 2.19 bits per heavy atom. The molecule has 0 aromatic heterocycles. The number of methoxy groups -OCH3 is 2. The molecule has 0 aliphatic carbocycles. The van der Waals surface area contributed by atoms with Crippen LogP contribution in [0, 0.1) is 5.82 Å². The average molecular weight is 450 g/mol. The quantitative estimate of drug-likeness (QED) is 0.445. The van der Waals surface area contributed by atoms with Gasteiger partial charge in [-0.15, -0.1) is 0 Å². The molecule has 0 N–H and O–H groups in total. The molecular weight excluding hydrogens is 417 g/mol. The van der Waals surface area contributed by atoms with Crippen LogP contribution in [0.15, 0.2) is 30.0 Å². The van der Waals surface area contributed by atoms with Crippen molar-refractivity contribution in [1.29, 1.82) is 0 Å². The number of carbonyl (C=O) groups is 2. The van der Waals surface area contributed by atoms with Gasteiger partial charge in [0.25, 0.3) is 11.8 Å². The van der Waals surface area contributed by atoms with Crippen LogP contribution in [0.2, 0.25) is 0 Å². The SMILES string of the molecule is COCCN(CCOC)C1=C(c2ccc(F)cc2)C(=O)N(CCCN2CCOCC2)C1=O. The molecule has 3 rings (SSSR count). The first-order chi connectivity index (χ1) is 15.6. The van der Waals surface area contributed by atoms with E-state index < -0.39 is 5.82 Å². The number of amides is 2. The fraction of sp³-hybridized carbons (Fsp3) is 0.565. The molecule has 2 heterocycles. The first-order valence-electron chi connectivity index (χ1n) is 11.0. The van der Waals surface area contributed by atoms with E-state index in [1.165, 1.54) is 29.2 Å². The van der Waals surface area contributed by atoms with E-state index in [-0.39, 0.29) is 11.8 Å². The van der Waals surface area contributed by atoms with Gasteiger partial charge < -0.3 is 19.1 Å². The summed E-state index contributed by atoms with van der Waals surface area (Å²) in [4.78, 5) is 32.2. The highest BCUT2D eigenvalue weighted by molar-refractivity contribution is 6.35. The molecule has 9 heteroatoms. The summed E-state index contributed by atoms with van der Waals surface area (Å²) < 4.78 is 29.3. The van der Waals surface area contributed by atoms with Crippen LogP contribution < -0.4 is 0 Å². The van der Waals surface area contributed by atoms with Crippen molar-refractivity contribution in [3.63, 3.8) is 0 Å². The molecule has 0 spiro atoms. The number of morpholine rings is 1. The van der Waals surface area contributed by atoms with Gasteiger partial charge in [-0.1, -0.05) is 12.1 Å². The van der Waals surface area contributed by atoms with Gasteiger partial charge in [0.2, 0.25) is 0 Å². The zero-order valence-corrected chi connectivity index (χ0v) is 18.8. The number of nitrogens with zero attached hydrogens (tertiary/aromatic N) is 3. The van der Waals surface area contributed by atoms with Crippen molar-refractivity contribution >= 4 is 17.4 Å². The van der Waals surface area contributed by atoms with Gasteiger partial charge in [-0.3, -0.25) is 19.4 Å². The molecule has 0 bridgehead atoms. The minimum Gasteiger partial charge on any atom is -0.383 e. The van der Waals surface area contributed by atoms with E-state index in [0.29, 0.717) is 69.3 Å². The van der Waals surface area contributed by atoms with Gasteiger partial charge in [-0.25, -0.2) is 4.39 Å². The predicted molar refractivity (Wildman–Crippen MR) is 117 cm³/mol. The van der Waals surface area contributed by atoms with Crippen LogP contribution in [0.3, 0.4) is 0 Å². The normalized spacial score (nSPS) is 17.5. The number of hydrogen-bond acceptors (Lipinski definition) is 7. The number of imide groups is 1. The Hall–Kier alpha value is -2.33. The Labute approximate surface area is 188 Å². The third-order valence-electron chi connectivity index (χ3n) is 5.68. The Morgan fingerprint density at radius 2 is 1.59 bits per heavy atom. The summed E-state index contributed by atoms with van der Waals surface area (Å²) >= 11 is 0. The number of ether oxygens (including phenoxy) is 3. The van der Waals surface area contributed by atoms with E-state index in [0.717, 1.165) is 19.6 Å². The van der Waals surface area contributed by atoms with E-state index in [2.05, 4.69) is 4.90 Å². The second-order valence-electron chi connectivity index (χ2n) is 7.77. The predicted octanol–water partition coefficient (Wildman–Crippen LogP) is 1.22. The molecule has 0 atom stereocenters. The summed E-state index contributed by atoms with van der Waals surface area (Å²) in [6.07, 6.45) is 0.678. The molecule has 1 aromatic rings. The molecule has 1 aromatic carbocycles. The highest BCUT2D eigenvalue weighted by atomic mass is 19.1. The maximum atomic E-state index is 13.5. The van der Waals surface area contributed by atoms with Crippen LogP contribution in [0.5, 0.6) is 0 Å². The lowest BCUT2D eigenvalue weighted by molar-refractivity contribution is -0.137. The summed E-state index contributed by atoms with van der Waals surface area (Å²) in [6, 6.07) is 5.68. The van der Waals surface area contributed by atoms with Crippen LogP contribution in [0.25, 0.3) is 5.57 Å². The van der Waals surface area contributed by atoms with Gasteiger partial charge in [0.05, 0.1) is 32.0 Å². The summed E-state index contributed by atoms with van der Waals surface area (Å²) in [5, 5.41) is 0. The van der Waals surface area contributed by atoms with E-state index in [4.69, 9.17) is 14.2 Å². The van der Waals surface area contributed by atoms with Gasteiger partial charge in [0.15, 0.2) is 0 Å². The molecule has 1 fully saturated rings. The molecule has 8 nitrogen and oxygen atoms in total. The monoisotopic (exact) mass is 449 g/mol. The second kappa shape index (κ2) is 12.1. The van der Waals surface area contributed by atoms with Crippen LogP contribution >= 0.6 is 0 Å². The molecule has 2 aliphatic heterocycles. The van der Waals surface area contributed by atoms with Gasteiger partial charge in [0.1, 0.15) is 11.5 Å². The summed E-state index contributed by atoms with van der Waals surface area (Å²) in [6.45, 7) is 5.88. The molecule has 0 radical (unpaired) electrons. The molecule has 2 amide bonds. The zero-order valence-electron chi connectivity index (χ0n) is 18.8. The minimum absolute atomic E-state index is 0.300. The Bertz CT molecular complexity index is 800. The third-order valence-corrected chi connectivity index (χ3v) is 5.68. The highest BCUT2D eigenvalue weighted by Crippen LogP contribution is 2.32. The maximum absolute atomic E-state index is 13.5. The lowest BCUT2D eigenvalue weighted by Gasteiger charge is -2.27. The van der Waals surface area contributed by atoms with Crippen molar-refractivity contribution in [1.82, 2.24) is 14.7 Å². The molecule has 32 heavy (non-hydrogen) atoms. The fourth-order valence-electron chi connectivity index (χ4n) is 3.95. The van der Waals surface area contributed by atoms with Crippen molar-refractivity contribution < 1.29 is 28.2 Å². The Kier molecular flexibility index (Phi) is 9.16. The summed E-state index contributed by atoms with van der Waals surface area (Å²) in [5.41, 5.74) is 1.14. The van der Waals surface area contributed by atoms with E-state index in [1.807, 2.05) is 4.90 Å². The molecule has 176 valence electrons. The van der Waals surface area contributed by atoms with Crippen LogP contribution in [-0.2, 0) is 23.8 Å². The standard InChI is InChI=1S/C23H32FN3O5/c1-30-14-12-26(13-15-31-2)21-20(18-4-6-19(24)7-5-18)22(28)27(23(21)29)9-3-8-25-10-16-32-17-11-25/h4-7H,3,8-17H2,1-2H3. The fourth-order valence-corrected chi connectivity index (χ4v) is 3.95. The molecule has 0 unspecified atom stereocenters. The van der Waals surface area contributed by atoms with Crippen molar-refractivity contribution in [3.05, 3.63) is 41.3 Å². The number of rotatable bonds is 12. The third kappa shape index (κ3) is 5.92. The van der Waals surface area contributed by atoms with Crippen molar-refractivity contribution in [2.45, 2.75) is 6.42 Å². The first-order valence-corrected chi connectivity index (χ1v) is 11.0. The van der Waals surface area contributed by atoms with E-state index in [9.17, 15) is 14.0 Å². The van der Waals surface area contributed by atoms with Crippen molar-refractivity contribution in [2.24, 2.45) is 0 Å². The Balaban J connectivity index is 1.83. The molecular formula is C23H32FN3O5. The largest absolute Gasteiger partial charge is 0.383 e. The maximum Gasteiger partial charge on any atom is 0.277 e. The van der Waals surface area contributed by atoms with Crippen LogP contribution in [0.4, 0.5) is 4.39 Å². The number of halogens is 1. The van der Waals surface area contributed by atoms with Crippen LogP contribution in [-0.4, -0.2) is 106 Å². The van der Waals surface area contributed by atoms with Gasteiger partial charge in [-0.2, -0.15) is 0 Å². The van der Waals surface area contributed by atoms with Gasteiger partial charge in [-0.05, 0) is 24.1 Å². The topological polar surface area (TPSA) is 71.6 Å². The van der Waals surface area contributed by atoms with Crippen LogP contribution in [0.1, 0.15) is 12.0 Å². The molecule has 0 saturated carbocycles. The van der Waals surface area contributed by atoms with E-state index in [1.54, 1.807) is 14.2 Å². The number of hydrogen-bond donors (Lipinski definition) is 0. The van der Waals surface area contributed by atoms with Gasteiger partial charge in [0, 0.05) is 53.5 Å². The zero-order chi connectivity index (χ0) is 22.9. The van der Waals surface area contributed by atoms with Crippen molar-refractivity contribution in [2.75, 3.05) is 79.9 Å². The lowest BCUT2D eigenvalue weighted by atomic mass is 10.0. The van der Waals surface area contributed by atoms with Crippen molar-refractivity contribution in [3.8, 4) is 0 Å². The minimum atomic E-state index is -0.398. The summed E-state index contributed by atoms with van der Waals surface area (Å²) in [7, 11) is 3.17.